The van der Waals surface area contributed by atoms with E-state index in [-0.39, 0.29) is 23.6 Å². The van der Waals surface area contributed by atoms with Crippen molar-refractivity contribution in [2.24, 2.45) is 5.92 Å². The van der Waals surface area contributed by atoms with Crippen LogP contribution in [-0.2, 0) is 14.4 Å². The summed E-state index contributed by atoms with van der Waals surface area (Å²) in [6.45, 7) is 9.73. The Balaban J connectivity index is 1.46. The number of rotatable bonds is 7. The first-order valence-electron chi connectivity index (χ1n) is 11.1. The summed E-state index contributed by atoms with van der Waals surface area (Å²) in [4.78, 5) is 45.3. The van der Waals surface area contributed by atoms with Gasteiger partial charge in [-0.15, -0.1) is 0 Å². The van der Waals surface area contributed by atoms with E-state index in [9.17, 15) is 14.4 Å². The molecular formula is C21H36N4O3. The number of amides is 3. The maximum Gasteiger partial charge on any atom is 0.227 e. The monoisotopic (exact) mass is 392 g/mol. The molecule has 3 amide bonds. The molecule has 0 aliphatic carbocycles. The third kappa shape index (κ3) is 5.46. The van der Waals surface area contributed by atoms with Gasteiger partial charge in [-0.1, -0.05) is 6.92 Å². The summed E-state index contributed by atoms with van der Waals surface area (Å²) in [5, 5.41) is 0. The van der Waals surface area contributed by atoms with E-state index in [0.29, 0.717) is 32.4 Å². The van der Waals surface area contributed by atoms with Crippen LogP contribution in [0.2, 0.25) is 0 Å². The standard InChI is InChI=1S/C21H36N4O3/c1-2-9-22-10-4-13-24(16-15-22)21(28)18-7-8-20(27)25(17-18)14-5-12-23-11-3-6-19(23)26/h18H,2-17H2,1H3/t18-/m1/s1. The summed E-state index contributed by atoms with van der Waals surface area (Å²) in [5.74, 6) is 0.549. The number of piperidine rings is 1. The largest absolute Gasteiger partial charge is 0.343 e. The molecule has 0 aromatic carbocycles. The molecule has 3 heterocycles. The van der Waals surface area contributed by atoms with Crippen LogP contribution in [-0.4, -0.2) is 96.2 Å². The van der Waals surface area contributed by atoms with Gasteiger partial charge in [-0.2, -0.15) is 0 Å². The van der Waals surface area contributed by atoms with Crippen LogP contribution < -0.4 is 0 Å². The number of likely N-dealkylation sites (tertiary alicyclic amines) is 2. The van der Waals surface area contributed by atoms with Gasteiger partial charge < -0.3 is 19.6 Å². The first kappa shape index (κ1) is 21.1. The molecule has 0 saturated carbocycles. The van der Waals surface area contributed by atoms with Crippen molar-refractivity contribution in [2.45, 2.75) is 51.9 Å². The molecule has 1 atom stereocenters. The van der Waals surface area contributed by atoms with Crippen LogP contribution >= 0.6 is 0 Å². The molecule has 0 radical (unpaired) electrons. The van der Waals surface area contributed by atoms with Gasteiger partial charge in [-0.3, -0.25) is 14.4 Å². The van der Waals surface area contributed by atoms with Crippen molar-refractivity contribution >= 4 is 17.7 Å². The van der Waals surface area contributed by atoms with Gasteiger partial charge in [-0.05, 0) is 45.2 Å². The van der Waals surface area contributed by atoms with Gasteiger partial charge in [-0.25, -0.2) is 0 Å². The maximum absolute atomic E-state index is 13.1. The quantitative estimate of drug-likeness (QED) is 0.653. The fourth-order valence-corrected chi connectivity index (χ4v) is 4.71. The van der Waals surface area contributed by atoms with Crippen molar-refractivity contribution in [3.8, 4) is 0 Å². The Kier molecular flexibility index (Phi) is 7.71. The van der Waals surface area contributed by atoms with E-state index in [4.69, 9.17) is 0 Å². The summed E-state index contributed by atoms with van der Waals surface area (Å²) in [5.41, 5.74) is 0. The van der Waals surface area contributed by atoms with E-state index in [1.807, 2.05) is 14.7 Å². The normalized spacial score (nSPS) is 24.8. The lowest BCUT2D eigenvalue weighted by molar-refractivity contribution is -0.143. The fraction of sp³-hybridized carbons (Fsp3) is 0.857. The Hall–Kier alpha value is -1.63. The summed E-state index contributed by atoms with van der Waals surface area (Å²) in [6, 6.07) is 0. The zero-order valence-electron chi connectivity index (χ0n) is 17.4. The molecule has 0 aromatic heterocycles. The summed E-state index contributed by atoms with van der Waals surface area (Å²) in [7, 11) is 0. The summed E-state index contributed by atoms with van der Waals surface area (Å²) in [6.07, 6.45) is 5.73. The molecule has 3 aliphatic rings. The minimum absolute atomic E-state index is 0.0659. The summed E-state index contributed by atoms with van der Waals surface area (Å²) < 4.78 is 0. The van der Waals surface area contributed by atoms with Crippen LogP contribution in [0.25, 0.3) is 0 Å². The first-order valence-corrected chi connectivity index (χ1v) is 11.1. The molecule has 28 heavy (non-hydrogen) atoms. The highest BCUT2D eigenvalue weighted by atomic mass is 16.2. The Morgan fingerprint density at radius 1 is 0.893 bits per heavy atom. The van der Waals surface area contributed by atoms with E-state index in [0.717, 1.165) is 71.5 Å². The second-order valence-electron chi connectivity index (χ2n) is 8.43. The van der Waals surface area contributed by atoms with Gasteiger partial charge in [0, 0.05) is 58.7 Å². The lowest BCUT2D eigenvalue weighted by atomic mass is 9.95. The molecule has 0 N–H and O–H groups in total. The molecule has 3 saturated heterocycles. The smallest absolute Gasteiger partial charge is 0.227 e. The van der Waals surface area contributed by atoms with Crippen molar-refractivity contribution in [3.63, 3.8) is 0 Å². The number of hydrogen-bond acceptors (Lipinski definition) is 4. The van der Waals surface area contributed by atoms with Crippen LogP contribution in [0.3, 0.4) is 0 Å². The predicted molar refractivity (Wildman–Crippen MR) is 108 cm³/mol. The minimum Gasteiger partial charge on any atom is -0.343 e. The molecule has 0 aromatic rings. The number of hydrogen-bond donors (Lipinski definition) is 0. The SMILES string of the molecule is CCCN1CCCN(C(=O)[C@@H]2CCC(=O)N(CCCN3CCCC3=O)C2)CC1. The third-order valence-electron chi connectivity index (χ3n) is 6.32. The second kappa shape index (κ2) is 10.2. The summed E-state index contributed by atoms with van der Waals surface area (Å²) >= 11 is 0. The average Bonchev–Trinajstić information content (AvgIpc) is 2.95. The van der Waals surface area contributed by atoms with Crippen molar-refractivity contribution in [1.82, 2.24) is 19.6 Å². The molecule has 7 nitrogen and oxygen atoms in total. The molecule has 3 fully saturated rings. The Labute approximate surface area is 169 Å². The molecular weight excluding hydrogens is 356 g/mol. The van der Waals surface area contributed by atoms with Crippen LogP contribution in [0.4, 0.5) is 0 Å². The van der Waals surface area contributed by atoms with Crippen LogP contribution in [0.15, 0.2) is 0 Å². The third-order valence-corrected chi connectivity index (χ3v) is 6.32. The molecule has 0 unspecified atom stereocenters. The van der Waals surface area contributed by atoms with E-state index < -0.39 is 0 Å². The Morgan fingerprint density at radius 3 is 2.43 bits per heavy atom. The number of carbonyl (C=O) groups excluding carboxylic acids is 3. The van der Waals surface area contributed by atoms with Crippen LogP contribution in [0, 0.1) is 5.92 Å². The molecule has 0 spiro atoms. The Bertz CT molecular complexity index is 568. The van der Waals surface area contributed by atoms with Gasteiger partial charge in [0.05, 0.1) is 5.92 Å². The van der Waals surface area contributed by atoms with Crippen LogP contribution in [0.1, 0.15) is 51.9 Å². The number of nitrogens with zero attached hydrogens (tertiary/aromatic N) is 4. The van der Waals surface area contributed by atoms with Crippen molar-refractivity contribution < 1.29 is 14.4 Å². The number of carbonyl (C=O) groups is 3. The van der Waals surface area contributed by atoms with E-state index in [2.05, 4.69) is 11.8 Å². The van der Waals surface area contributed by atoms with E-state index in [1.165, 1.54) is 0 Å². The lowest BCUT2D eigenvalue weighted by Crippen LogP contribution is -2.48. The fourth-order valence-electron chi connectivity index (χ4n) is 4.71. The van der Waals surface area contributed by atoms with Gasteiger partial charge in [0.1, 0.15) is 0 Å². The second-order valence-corrected chi connectivity index (χ2v) is 8.43. The Morgan fingerprint density at radius 2 is 1.68 bits per heavy atom. The first-order chi connectivity index (χ1) is 13.6. The van der Waals surface area contributed by atoms with Gasteiger partial charge in [0.15, 0.2) is 0 Å². The van der Waals surface area contributed by atoms with Crippen LogP contribution in [0.5, 0.6) is 0 Å². The molecule has 158 valence electrons. The molecule has 7 heteroatoms. The molecule has 0 bridgehead atoms. The molecule has 3 rings (SSSR count). The zero-order valence-corrected chi connectivity index (χ0v) is 17.4. The van der Waals surface area contributed by atoms with Gasteiger partial charge in [0.25, 0.3) is 0 Å². The van der Waals surface area contributed by atoms with Gasteiger partial charge >= 0.3 is 0 Å². The van der Waals surface area contributed by atoms with E-state index in [1.54, 1.807) is 0 Å². The average molecular weight is 393 g/mol. The van der Waals surface area contributed by atoms with E-state index >= 15 is 0 Å². The highest BCUT2D eigenvalue weighted by molar-refractivity contribution is 5.84. The highest BCUT2D eigenvalue weighted by Gasteiger charge is 2.33. The van der Waals surface area contributed by atoms with Gasteiger partial charge in [0.2, 0.25) is 17.7 Å². The zero-order chi connectivity index (χ0) is 19.9. The lowest BCUT2D eigenvalue weighted by Gasteiger charge is -2.35. The van der Waals surface area contributed by atoms with Crippen molar-refractivity contribution in [1.29, 1.82) is 0 Å². The molecule has 3 aliphatic heterocycles. The van der Waals surface area contributed by atoms with Crippen molar-refractivity contribution in [3.05, 3.63) is 0 Å². The van der Waals surface area contributed by atoms with Crippen molar-refractivity contribution in [2.75, 3.05) is 58.9 Å². The topological polar surface area (TPSA) is 64.2 Å². The minimum atomic E-state index is -0.0659. The predicted octanol–water partition coefficient (Wildman–Crippen LogP) is 1.18. The maximum atomic E-state index is 13.1. The highest BCUT2D eigenvalue weighted by Crippen LogP contribution is 2.21.